The van der Waals surface area contributed by atoms with Gasteiger partial charge in [-0.1, -0.05) is 32.4 Å². The zero-order chi connectivity index (χ0) is 13.8. The number of benzene rings is 1. The minimum absolute atomic E-state index is 0.0988. The SMILES string of the molecule is CCC(C)C(CC#N)c1cccc(S(C)(=O)=O)c1. The molecule has 4 heteroatoms. The Labute approximate surface area is 109 Å². The Kier molecular flexibility index (Phi) is 4.92. The molecule has 2 atom stereocenters. The van der Waals surface area contributed by atoms with Gasteiger partial charge in [-0.05, 0) is 29.5 Å². The predicted octanol–water partition coefficient (Wildman–Crippen LogP) is 3.13. The van der Waals surface area contributed by atoms with Gasteiger partial charge in [0, 0.05) is 12.7 Å². The van der Waals surface area contributed by atoms with Gasteiger partial charge in [0.05, 0.1) is 11.0 Å². The van der Waals surface area contributed by atoms with Crippen LogP contribution in [0.3, 0.4) is 0 Å². The first-order chi connectivity index (χ1) is 8.40. The van der Waals surface area contributed by atoms with Gasteiger partial charge in [-0.3, -0.25) is 0 Å². The Morgan fingerprint density at radius 1 is 1.39 bits per heavy atom. The fourth-order valence-corrected chi connectivity index (χ4v) is 2.68. The van der Waals surface area contributed by atoms with Gasteiger partial charge in [0.25, 0.3) is 0 Å². The molecule has 0 N–H and O–H groups in total. The van der Waals surface area contributed by atoms with Gasteiger partial charge < -0.3 is 0 Å². The zero-order valence-electron chi connectivity index (χ0n) is 11.1. The molecule has 1 rings (SSSR count). The molecule has 18 heavy (non-hydrogen) atoms. The first-order valence-corrected chi connectivity index (χ1v) is 7.96. The number of nitrogens with zero attached hydrogens (tertiary/aromatic N) is 1. The van der Waals surface area contributed by atoms with Crippen LogP contribution in [0.2, 0.25) is 0 Å². The van der Waals surface area contributed by atoms with Crippen LogP contribution in [0.4, 0.5) is 0 Å². The molecule has 0 aromatic heterocycles. The first kappa shape index (κ1) is 14.7. The van der Waals surface area contributed by atoms with Crippen molar-refractivity contribution in [2.24, 2.45) is 5.92 Å². The molecule has 0 aliphatic carbocycles. The van der Waals surface area contributed by atoms with Gasteiger partial charge in [0.15, 0.2) is 9.84 Å². The normalized spacial score (nSPS) is 14.8. The van der Waals surface area contributed by atoms with E-state index in [2.05, 4.69) is 19.9 Å². The van der Waals surface area contributed by atoms with E-state index in [1.165, 1.54) is 6.26 Å². The number of nitriles is 1. The Hall–Kier alpha value is -1.34. The molecule has 0 aliphatic rings. The fraction of sp³-hybridized carbons (Fsp3) is 0.500. The van der Waals surface area contributed by atoms with Crippen molar-refractivity contribution in [3.8, 4) is 6.07 Å². The third kappa shape index (κ3) is 3.58. The van der Waals surface area contributed by atoms with E-state index in [-0.39, 0.29) is 5.92 Å². The summed E-state index contributed by atoms with van der Waals surface area (Å²) in [4.78, 5) is 0.325. The Morgan fingerprint density at radius 3 is 2.56 bits per heavy atom. The van der Waals surface area contributed by atoms with E-state index in [4.69, 9.17) is 5.26 Å². The van der Waals surface area contributed by atoms with Crippen molar-refractivity contribution in [3.05, 3.63) is 29.8 Å². The molecule has 98 valence electrons. The second-order valence-electron chi connectivity index (χ2n) is 4.70. The number of rotatable bonds is 5. The molecule has 1 aromatic carbocycles. The maximum atomic E-state index is 11.5. The van der Waals surface area contributed by atoms with Gasteiger partial charge in [-0.15, -0.1) is 0 Å². The summed E-state index contributed by atoms with van der Waals surface area (Å²) in [6.45, 7) is 4.17. The highest BCUT2D eigenvalue weighted by molar-refractivity contribution is 7.90. The standard InChI is InChI=1S/C14H19NO2S/c1-4-11(2)14(8-9-15)12-6-5-7-13(10-12)18(3,16)17/h5-7,10-11,14H,4,8H2,1-3H3. The lowest BCUT2D eigenvalue weighted by Crippen LogP contribution is -2.09. The Bertz CT molecular complexity index is 543. The Balaban J connectivity index is 3.18. The molecule has 2 unspecified atom stereocenters. The van der Waals surface area contributed by atoms with Crippen LogP contribution in [0.15, 0.2) is 29.2 Å². The van der Waals surface area contributed by atoms with Crippen LogP contribution in [-0.4, -0.2) is 14.7 Å². The molecule has 0 heterocycles. The van der Waals surface area contributed by atoms with Crippen molar-refractivity contribution < 1.29 is 8.42 Å². The molecule has 1 aromatic rings. The highest BCUT2D eigenvalue weighted by Gasteiger charge is 2.19. The summed E-state index contributed by atoms with van der Waals surface area (Å²) in [6, 6.07) is 9.14. The fourth-order valence-electron chi connectivity index (χ4n) is 2.01. The van der Waals surface area contributed by atoms with Crippen molar-refractivity contribution >= 4 is 9.84 Å². The van der Waals surface area contributed by atoms with E-state index in [1.54, 1.807) is 18.2 Å². The van der Waals surface area contributed by atoms with Gasteiger partial charge >= 0.3 is 0 Å². The molecule has 0 aliphatic heterocycles. The summed E-state index contributed by atoms with van der Waals surface area (Å²) < 4.78 is 23.1. The minimum atomic E-state index is -3.19. The van der Waals surface area contributed by atoms with Crippen LogP contribution in [0.5, 0.6) is 0 Å². The van der Waals surface area contributed by atoms with Crippen LogP contribution in [0.25, 0.3) is 0 Å². The van der Waals surface area contributed by atoms with E-state index in [0.717, 1.165) is 12.0 Å². The third-order valence-corrected chi connectivity index (χ3v) is 4.47. The largest absolute Gasteiger partial charge is 0.224 e. The highest BCUT2D eigenvalue weighted by atomic mass is 32.2. The van der Waals surface area contributed by atoms with Crippen molar-refractivity contribution in [1.82, 2.24) is 0 Å². The van der Waals surface area contributed by atoms with Gasteiger partial charge in [-0.25, -0.2) is 8.42 Å². The molecule has 0 fully saturated rings. The van der Waals surface area contributed by atoms with E-state index in [9.17, 15) is 8.42 Å². The van der Waals surface area contributed by atoms with E-state index in [0.29, 0.717) is 17.2 Å². The quantitative estimate of drug-likeness (QED) is 0.821. The molecule has 0 spiro atoms. The lowest BCUT2D eigenvalue weighted by molar-refractivity contribution is 0.450. The third-order valence-electron chi connectivity index (χ3n) is 3.36. The molecule has 0 saturated heterocycles. The summed E-state index contributed by atoms with van der Waals surface area (Å²) in [5, 5.41) is 8.90. The Morgan fingerprint density at radius 2 is 2.06 bits per heavy atom. The maximum Gasteiger partial charge on any atom is 0.175 e. The lowest BCUT2D eigenvalue weighted by Gasteiger charge is -2.21. The van der Waals surface area contributed by atoms with E-state index < -0.39 is 9.84 Å². The van der Waals surface area contributed by atoms with Crippen molar-refractivity contribution in [2.75, 3.05) is 6.26 Å². The minimum Gasteiger partial charge on any atom is -0.224 e. The van der Waals surface area contributed by atoms with Crippen LogP contribution in [0.1, 0.15) is 38.2 Å². The van der Waals surface area contributed by atoms with Crippen molar-refractivity contribution in [1.29, 1.82) is 5.26 Å². The summed E-state index contributed by atoms with van der Waals surface area (Å²) in [5.41, 5.74) is 0.939. The van der Waals surface area contributed by atoms with Crippen molar-refractivity contribution in [2.45, 2.75) is 37.5 Å². The number of sulfone groups is 1. The molecular formula is C14H19NO2S. The van der Waals surface area contributed by atoms with E-state index >= 15 is 0 Å². The molecule has 0 radical (unpaired) electrons. The number of hydrogen-bond donors (Lipinski definition) is 0. The van der Waals surface area contributed by atoms with Crippen molar-refractivity contribution in [3.63, 3.8) is 0 Å². The topological polar surface area (TPSA) is 57.9 Å². The smallest absolute Gasteiger partial charge is 0.175 e. The molecule has 0 saturated carbocycles. The average Bonchev–Trinajstić information content (AvgIpc) is 2.34. The predicted molar refractivity (Wildman–Crippen MR) is 72.0 cm³/mol. The van der Waals surface area contributed by atoms with Crippen LogP contribution in [0, 0.1) is 17.2 Å². The van der Waals surface area contributed by atoms with Gasteiger partial charge in [0.1, 0.15) is 0 Å². The summed E-state index contributed by atoms with van der Waals surface area (Å²) in [5.74, 6) is 0.459. The second kappa shape index (κ2) is 6.01. The van der Waals surface area contributed by atoms with Crippen LogP contribution >= 0.6 is 0 Å². The highest BCUT2D eigenvalue weighted by Crippen LogP contribution is 2.31. The maximum absolute atomic E-state index is 11.5. The summed E-state index contributed by atoms with van der Waals surface area (Å²) in [7, 11) is -3.19. The van der Waals surface area contributed by atoms with Crippen LogP contribution in [-0.2, 0) is 9.84 Å². The molecule has 0 bridgehead atoms. The first-order valence-electron chi connectivity index (χ1n) is 6.07. The summed E-state index contributed by atoms with van der Waals surface area (Å²) >= 11 is 0. The molecule has 0 amide bonds. The lowest BCUT2D eigenvalue weighted by atomic mass is 9.84. The van der Waals surface area contributed by atoms with Gasteiger partial charge in [0.2, 0.25) is 0 Å². The van der Waals surface area contributed by atoms with Crippen LogP contribution < -0.4 is 0 Å². The van der Waals surface area contributed by atoms with Gasteiger partial charge in [-0.2, -0.15) is 5.26 Å². The zero-order valence-corrected chi connectivity index (χ0v) is 11.9. The number of hydrogen-bond acceptors (Lipinski definition) is 3. The monoisotopic (exact) mass is 265 g/mol. The molecular weight excluding hydrogens is 246 g/mol. The summed E-state index contributed by atoms with van der Waals surface area (Å²) in [6.07, 6.45) is 2.59. The second-order valence-corrected chi connectivity index (χ2v) is 6.71. The van der Waals surface area contributed by atoms with E-state index in [1.807, 2.05) is 6.07 Å². The average molecular weight is 265 g/mol. The molecule has 3 nitrogen and oxygen atoms in total.